The van der Waals surface area contributed by atoms with Crippen molar-refractivity contribution in [3.8, 4) is 11.1 Å². The van der Waals surface area contributed by atoms with Crippen LogP contribution in [0.3, 0.4) is 0 Å². The Morgan fingerprint density at radius 2 is 2.03 bits per heavy atom. The quantitative estimate of drug-likeness (QED) is 0.330. The van der Waals surface area contributed by atoms with E-state index in [0.29, 0.717) is 5.82 Å². The Morgan fingerprint density at radius 1 is 1.19 bits per heavy atom. The fraction of sp³-hybridized carbons (Fsp3) is 0.167. The number of carboxylic acid groups (broad SMARTS) is 1. The number of fused-ring (bicyclic) bond motifs is 2. The number of aromatic nitrogens is 4. The Kier molecular flexibility index (Phi) is 5.28. The topological polar surface area (TPSA) is 104 Å². The van der Waals surface area contributed by atoms with Gasteiger partial charge in [0.05, 0.1) is 11.7 Å². The summed E-state index contributed by atoms with van der Waals surface area (Å²) in [6, 6.07) is 13.7. The van der Waals surface area contributed by atoms with E-state index in [2.05, 4.69) is 62.5 Å². The lowest BCUT2D eigenvalue weighted by Crippen LogP contribution is -2.32. The zero-order valence-corrected chi connectivity index (χ0v) is 18.2. The predicted octanol–water partition coefficient (Wildman–Crippen LogP) is 4.90. The molecule has 0 bridgehead atoms. The van der Waals surface area contributed by atoms with Crippen LogP contribution in [-0.4, -0.2) is 37.1 Å². The van der Waals surface area contributed by atoms with Crippen LogP contribution in [0.2, 0.25) is 0 Å². The molecule has 8 heteroatoms. The molecule has 0 saturated heterocycles. The number of aromatic amines is 1. The molecule has 3 heterocycles. The Morgan fingerprint density at radius 3 is 2.81 bits per heavy atom. The van der Waals surface area contributed by atoms with E-state index in [1.54, 1.807) is 23.9 Å². The van der Waals surface area contributed by atoms with Gasteiger partial charge < -0.3 is 15.4 Å². The first kappa shape index (κ1) is 20.1. The predicted molar refractivity (Wildman–Crippen MR) is 127 cm³/mol. The van der Waals surface area contributed by atoms with Crippen LogP contribution in [0.1, 0.15) is 17.5 Å². The lowest BCUT2D eigenvalue weighted by atomic mass is 9.96. The third-order valence-electron chi connectivity index (χ3n) is 5.53. The van der Waals surface area contributed by atoms with Crippen LogP contribution in [0.4, 0.5) is 5.82 Å². The van der Waals surface area contributed by atoms with Crippen molar-refractivity contribution in [2.75, 3.05) is 5.32 Å². The number of hydrogen-bond acceptors (Lipinski definition) is 6. The standard InChI is InChI=1S/C24H21N5O2S/c1-2-19-20(17-9-5-7-14-6-3-4-8-16(14)17)21-22(27-13-28-23(21)32-19)29-18(24(30)31)10-15-11-25-12-26-15/h3-9,11-13,18H,2,10H2,1H3,(H,25,26)(H,30,31)(H,27,28,29). The summed E-state index contributed by atoms with van der Waals surface area (Å²) >= 11 is 1.63. The summed E-state index contributed by atoms with van der Waals surface area (Å²) in [6.45, 7) is 2.12. The molecule has 3 N–H and O–H groups in total. The van der Waals surface area contributed by atoms with Gasteiger partial charge in [0, 0.05) is 28.8 Å². The smallest absolute Gasteiger partial charge is 0.326 e. The van der Waals surface area contributed by atoms with Crippen molar-refractivity contribution in [1.29, 1.82) is 0 Å². The molecule has 5 aromatic rings. The molecule has 0 spiro atoms. The number of aliphatic carboxylic acids is 1. The summed E-state index contributed by atoms with van der Waals surface area (Å²) in [7, 11) is 0. The number of carboxylic acids is 1. The number of benzene rings is 2. The third kappa shape index (κ3) is 3.58. The van der Waals surface area contributed by atoms with Crippen molar-refractivity contribution in [2.24, 2.45) is 0 Å². The van der Waals surface area contributed by atoms with Crippen LogP contribution < -0.4 is 5.32 Å². The molecule has 0 fully saturated rings. The zero-order valence-electron chi connectivity index (χ0n) is 17.4. The van der Waals surface area contributed by atoms with Gasteiger partial charge in [-0.15, -0.1) is 11.3 Å². The SMILES string of the molecule is CCc1sc2ncnc(NC(Cc3cnc[nH]3)C(=O)O)c2c1-c1cccc2ccccc12. The molecule has 1 atom stereocenters. The first-order chi connectivity index (χ1) is 15.7. The van der Waals surface area contributed by atoms with E-state index in [0.717, 1.165) is 44.2 Å². The third-order valence-corrected chi connectivity index (χ3v) is 6.77. The first-order valence-corrected chi connectivity index (χ1v) is 11.2. The molecule has 0 amide bonds. The highest BCUT2D eigenvalue weighted by Gasteiger charge is 2.24. The van der Waals surface area contributed by atoms with Gasteiger partial charge in [-0.05, 0) is 22.8 Å². The van der Waals surface area contributed by atoms with Gasteiger partial charge in [-0.1, -0.05) is 49.4 Å². The van der Waals surface area contributed by atoms with E-state index in [9.17, 15) is 9.90 Å². The number of rotatable bonds is 7. The average molecular weight is 444 g/mol. The van der Waals surface area contributed by atoms with E-state index < -0.39 is 12.0 Å². The molecule has 1 unspecified atom stereocenters. The second kappa shape index (κ2) is 8.39. The van der Waals surface area contributed by atoms with Crippen LogP contribution in [0.5, 0.6) is 0 Å². The van der Waals surface area contributed by atoms with Gasteiger partial charge in [0.25, 0.3) is 0 Å². The van der Waals surface area contributed by atoms with Crippen LogP contribution >= 0.6 is 11.3 Å². The number of thiophene rings is 1. The van der Waals surface area contributed by atoms with E-state index in [-0.39, 0.29) is 6.42 Å². The number of carbonyl (C=O) groups is 1. The summed E-state index contributed by atoms with van der Waals surface area (Å²) in [5, 5.41) is 16.2. The fourth-order valence-corrected chi connectivity index (χ4v) is 5.14. The number of nitrogens with zero attached hydrogens (tertiary/aromatic N) is 3. The monoisotopic (exact) mass is 443 g/mol. The number of nitrogens with one attached hydrogen (secondary N) is 2. The molecule has 32 heavy (non-hydrogen) atoms. The van der Waals surface area contributed by atoms with Gasteiger partial charge in [0.15, 0.2) is 0 Å². The van der Waals surface area contributed by atoms with Crippen molar-refractivity contribution in [1.82, 2.24) is 19.9 Å². The lowest BCUT2D eigenvalue weighted by molar-refractivity contribution is -0.137. The lowest BCUT2D eigenvalue weighted by Gasteiger charge is -2.16. The average Bonchev–Trinajstić information content (AvgIpc) is 3.46. The highest BCUT2D eigenvalue weighted by atomic mass is 32.1. The largest absolute Gasteiger partial charge is 0.480 e. The van der Waals surface area contributed by atoms with E-state index in [1.807, 2.05) is 12.1 Å². The van der Waals surface area contributed by atoms with Gasteiger partial charge in [0.1, 0.15) is 23.0 Å². The minimum absolute atomic E-state index is 0.259. The second-order valence-corrected chi connectivity index (χ2v) is 8.58. The molecule has 2 aromatic carbocycles. The fourth-order valence-electron chi connectivity index (χ4n) is 4.05. The molecule has 3 aromatic heterocycles. The normalized spacial score (nSPS) is 12.3. The van der Waals surface area contributed by atoms with Crippen LogP contribution in [-0.2, 0) is 17.6 Å². The molecule has 5 rings (SSSR count). The molecule has 0 saturated carbocycles. The summed E-state index contributed by atoms with van der Waals surface area (Å²) in [4.78, 5) is 30.0. The Balaban J connectivity index is 1.68. The number of H-pyrrole nitrogens is 1. The van der Waals surface area contributed by atoms with E-state index >= 15 is 0 Å². The van der Waals surface area contributed by atoms with Crippen molar-refractivity contribution in [2.45, 2.75) is 25.8 Å². The van der Waals surface area contributed by atoms with Crippen molar-refractivity contribution in [3.63, 3.8) is 0 Å². The van der Waals surface area contributed by atoms with Gasteiger partial charge in [-0.3, -0.25) is 0 Å². The Bertz CT molecular complexity index is 1410. The first-order valence-electron chi connectivity index (χ1n) is 10.4. The summed E-state index contributed by atoms with van der Waals surface area (Å²) < 4.78 is 0. The molecule has 0 aliphatic rings. The molecule has 0 radical (unpaired) electrons. The molecule has 7 nitrogen and oxygen atoms in total. The van der Waals surface area contributed by atoms with Gasteiger partial charge >= 0.3 is 5.97 Å². The van der Waals surface area contributed by atoms with E-state index in [4.69, 9.17) is 0 Å². The maximum Gasteiger partial charge on any atom is 0.326 e. The van der Waals surface area contributed by atoms with Crippen molar-refractivity contribution >= 4 is 44.1 Å². The van der Waals surface area contributed by atoms with Gasteiger partial charge in [0.2, 0.25) is 0 Å². The minimum Gasteiger partial charge on any atom is -0.480 e. The van der Waals surface area contributed by atoms with Crippen molar-refractivity contribution < 1.29 is 9.90 Å². The number of hydrogen-bond donors (Lipinski definition) is 3. The van der Waals surface area contributed by atoms with Gasteiger partial charge in [-0.25, -0.2) is 19.7 Å². The van der Waals surface area contributed by atoms with Crippen LogP contribution in [0, 0.1) is 0 Å². The minimum atomic E-state index is -0.955. The molecular weight excluding hydrogens is 422 g/mol. The summed E-state index contributed by atoms with van der Waals surface area (Å²) in [6.07, 6.45) is 5.77. The number of imidazole rings is 1. The van der Waals surface area contributed by atoms with Crippen molar-refractivity contribution in [3.05, 3.63) is 71.9 Å². The molecule has 160 valence electrons. The second-order valence-electron chi connectivity index (χ2n) is 7.50. The highest BCUT2D eigenvalue weighted by Crippen LogP contribution is 2.43. The molecular formula is C24H21N5O2S. The van der Waals surface area contributed by atoms with E-state index in [1.165, 1.54) is 11.2 Å². The number of anilines is 1. The van der Waals surface area contributed by atoms with Crippen LogP contribution in [0.15, 0.2) is 61.3 Å². The Labute approximate surface area is 188 Å². The number of aryl methyl sites for hydroxylation is 1. The summed E-state index contributed by atoms with van der Waals surface area (Å²) in [5.74, 6) is -0.426. The highest BCUT2D eigenvalue weighted by molar-refractivity contribution is 7.19. The Hall–Kier alpha value is -3.78. The summed E-state index contributed by atoms with van der Waals surface area (Å²) in [5.41, 5.74) is 2.91. The zero-order chi connectivity index (χ0) is 22.1. The molecule has 0 aliphatic heterocycles. The van der Waals surface area contributed by atoms with Crippen LogP contribution in [0.25, 0.3) is 32.1 Å². The maximum absolute atomic E-state index is 12.0. The molecule has 0 aliphatic carbocycles. The van der Waals surface area contributed by atoms with Gasteiger partial charge in [-0.2, -0.15) is 0 Å². The maximum atomic E-state index is 12.0.